The number of anilines is 1. The van der Waals surface area contributed by atoms with Crippen LogP contribution in [0.3, 0.4) is 0 Å². The molecule has 3 rings (SSSR count). The highest BCUT2D eigenvalue weighted by molar-refractivity contribution is 5.96. The van der Waals surface area contributed by atoms with Gasteiger partial charge in [-0.25, -0.2) is 0 Å². The average Bonchev–Trinajstić information content (AvgIpc) is 2.67. The molecule has 0 saturated carbocycles. The minimum absolute atomic E-state index is 0.0139. The molecule has 3 heteroatoms. The maximum absolute atomic E-state index is 11.6. The topological polar surface area (TPSA) is 38.3 Å². The van der Waals surface area contributed by atoms with Crippen LogP contribution >= 0.6 is 0 Å². The number of para-hydroxylation sites is 1. The van der Waals surface area contributed by atoms with Crippen molar-refractivity contribution in [1.29, 1.82) is 0 Å². The molecule has 2 unspecified atom stereocenters. The molecule has 0 aliphatic carbocycles. The van der Waals surface area contributed by atoms with Crippen LogP contribution in [0.2, 0.25) is 0 Å². The monoisotopic (exact) mass is 189 g/mol. The van der Waals surface area contributed by atoms with Gasteiger partial charge in [-0.05, 0) is 12.5 Å². The van der Waals surface area contributed by atoms with E-state index in [1.165, 1.54) is 0 Å². The first-order chi connectivity index (χ1) is 6.86. The Hall–Kier alpha value is -1.35. The van der Waals surface area contributed by atoms with Crippen molar-refractivity contribution in [2.75, 3.05) is 11.9 Å². The van der Waals surface area contributed by atoms with Gasteiger partial charge in [0.1, 0.15) is 0 Å². The van der Waals surface area contributed by atoms with E-state index in [-0.39, 0.29) is 17.9 Å². The smallest absolute Gasteiger partial charge is 0.230 e. The fourth-order valence-corrected chi connectivity index (χ4v) is 2.25. The lowest BCUT2D eigenvalue weighted by molar-refractivity contribution is -0.122. The Kier molecular flexibility index (Phi) is 1.61. The highest BCUT2D eigenvalue weighted by atomic mass is 16.5. The summed E-state index contributed by atoms with van der Waals surface area (Å²) in [7, 11) is 0. The molecule has 0 aromatic heterocycles. The van der Waals surface area contributed by atoms with E-state index in [0.29, 0.717) is 6.61 Å². The van der Waals surface area contributed by atoms with E-state index in [0.717, 1.165) is 17.7 Å². The predicted molar refractivity (Wildman–Crippen MR) is 51.9 cm³/mol. The zero-order valence-corrected chi connectivity index (χ0v) is 7.69. The first-order valence-corrected chi connectivity index (χ1v) is 4.87. The number of carbonyl (C=O) groups excluding carboxylic acids is 1. The van der Waals surface area contributed by atoms with Crippen LogP contribution in [0.1, 0.15) is 18.1 Å². The fourth-order valence-electron chi connectivity index (χ4n) is 2.25. The summed E-state index contributed by atoms with van der Waals surface area (Å²) >= 11 is 0. The summed E-state index contributed by atoms with van der Waals surface area (Å²) in [6.45, 7) is 0.692. The summed E-state index contributed by atoms with van der Waals surface area (Å²) in [5.41, 5.74) is 2.02. The average molecular weight is 189 g/mol. The second-order valence-corrected chi connectivity index (χ2v) is 3.76. The van der Waals surface area contributed by atoms with Crippen LogP contribution in [0.25, 0.3) is 0 Å². The fraction of sp³-hybridized carbons (Fsp3) is 0.364. The quantitative estimate of drug-likeness (QED) is 0.674. The van der Waals surface area contributed by atoms with Crippen LogP contribution in [0.15, 0.2) is 24.3 Å². The van der Waals surface area contributed by atoms with E-state index in [1.54, 1.807) is 0 Å². The van der Waals surface area contributed by atoms with Crippen LogP contribution in [0, 0.1) is 5.92 Å². The third-order valence-corrected chi connectivity index (χ3v) is 2.95. The Bertz CT molecular complexity index is 389. The van der Waals surface area contributed by atoms with Crippen molar-refractivity contribution < 1.29 is 9.53 Å². The highest BCUT2D eigenvalue weighted by Crippen LogP contribution is 2.41. The molecule has 1 aromatic carbocycles. The third-order valence-electron chi connectivity index (χ3n) is 2.95. The molecular formula is C11H11NO2. The minimum atomic E-state index is -0.0139. The van der Waals surface area contributed by atoms with Crippen molar-refractivity contribution in [3.05, 3.63) is 29.8 Å². The van der Waals surface area contributed by atoms with E-state index in [2.05, 4.69) is 5.32 Å². The molecule has 1 saturated heterocycles. The van der Waals surface area contributed by atoms with Gasteiger partial charge in [0.2, 0.25) is 5.91 Å². The molecule has 0 radical (unpaired) electrons. The number of hydrogen-bond acceptors (Lipinski definition) is 2. The van der Waals surface area contributed by atoms with Crippen LogP contribution in [-0.4, -0.2) is 12.5 Å². The Labute approximate surface area is 82.1 Å². The molecule has 3 nitrogen and oxygen atoms in total. The number of nitrogens with one attached hydrogen (secondary N) is 1. The van der Waals surface area contributed by atoms with Crippen LogP contribution in [-0.2, 0) is 9.53 Å². The maximum atomic E-state index is 11.6. The molecule has 1 amide bonds. The summed E-state index contributed by atoms with van der Waals surface area (Å²) in [6, 6.07) is 7.85. The van der Waals surface area contributed by atoms with Crippen molar-refractivity contribution in [3.63, 3.8) is 0 Å². The number of carbonyl (C=O) groups is 1. The summed E-state index contributed by atoms with van der Waals surface area (Å²) in [4.78, 5) is 11.6. The lowest BCUT2D eigenvalue weighted by atomic mass is 9.90. The molecule has 1 aromatic rings. The minimum Gasteiger partial charge on any atom is -0.373 e. The molecule has 2 aliphatic heterocycles. The number of amides is 1. The van der Waals surface area contributed by atoms with E-state index in [9.17, 15) is 4.79 Å². The molecule has 1 fully saturated rings. The van der Waals surface area contributed by atoms with E-state index in [1.807, 2.05) is 24.3 Å². The number of benzene rings is 1. The highest BCUT2D eigenvalue weighted by Gasteiger charge is 2.39. The van der Waals surface area contributed by atoms with Crippen molar-refractivity contribution >= 4 is 11.6 Å². The maximum Gasteiger partial charge on any atom is 0.230 e. The van der Waals surface area contributed by atoms with Gasteiger partial charge in [0.25, 0.3) is 0 Å². The van der Waals surface area contributed by atoms with Gasteiger partial charge in [-0.1, -0.05) is 18.2 Å². The summed E-state index contributed by atoms with van der Waals surface area (Å²) in [5, 5.41) is 2.91. The van der Waals surface area contributed by atoms with E-state index >= 15 is 0 Å². The van der Waals surface area contributed by atoms with Crippen molar-refractivity contribution in [2.45, 2.75) is 12.5 Å². The SMILES string of the molecule is O=C1Nc2ccccc2C2OCCC12. The molecule has 2 aliphatic rings. The van der Waals surface area contributed by atoms with Crippen molar-refractivity contribution in [3.8, 4) is 0 Å². The molecule has 0 spiro atoms. The zero-order chi connectivity index (χ0) is 9.54. The first-order valence-electron chi connectivity index (χ1n) is 4.87. The van der Waals surface area contributed by atoms with Crippen molar-refractivity contribution in [1.82, 2.24) is 0 Å². The molecule has 2 atom stereocenters. The van der Waals surface area contributed by atoms with Gasteiger partial charge in [0.05, 0.1) is 12.0 Å². The molecule has 14 heavy (non-hydrogen) atoms. The lowest BCUT2D eigenvalue weighted by Gasteiger charge is -2.26. The summed E-state index contributed by atoms with van der Waals surface area (Å²) in [6.07, 6.45) is 0.824. The Balaban J connectivity index is 2.11. The van der Waals surface area contributed by atoms with Gasteiger partial charge in [-0.2, -0.15) is 0 Å². The third kappa shape index (κ3) is 0.990. The second-order valence-electron chi connectivity index (χ2n) is 3.76. The number of rotatable bonds is 0. The van der Waals surface area contributed by atoms with Gasteiger partial charge in [0, 0.05) is 17.9 Å². The van der Waals surface area contributed by atoms with Gasteiger partial charge in [-0.15, -0.1) is 0 Å². The Morgan fingerprint density at radius 3 is 3.14 bits per heavy atom. The van der Waals surface area contributed by atoms with E-state index < -0.39 is 0 Å². The van der Waals surface area contributed by atoms with Gasteiger partial charge >= 0.3 is 0 Å². The Morgan fingerprint density at radius 2 is 2.21 bits per heavy atom. The van der Waals surface area contributed by atoms with Crippen LogP contribution < -0.4 is 5.32 Å². The normalized spacial score (nSPS) is 29.3. The van der Waals surface area contributed by atoms with E-state index in [4.69, 9.17) is 4.74 Å². The standard InChI is InChI=1S/C11H11NO2/c13-11-8-5-6-14-10(8)7-3-1-2-4-9(7)12-11/h1-4,8,10H,5-6H2,(H,12,13). The van der Waals surface area contributed by atoms with Crippen LogP contribution in [0.5, 0.6) is 0 Å². The second kappa shape index (κ2) is 2.82. The predicted octanol–water partition coefficient (Wildman–Crippen LogP) is 1.72. The first kappa shape index (κ1) is 8.00. The molecular weight excluding hydrogens is 178 g/mol. The summed E-state index contributed by atoms with van der Waals surface area (Å²) < 4.78 is 5.59. The van der Waals surface area contributed by atoms with Gasteiger partial charge in [0.15, 0.2) is 0 Å². The molecule has 2 heterocycles. The molecule has 0 bridgehead atoms. The molecule has 72 valence electrons. The number of ether oxygens (including phenoxy) is 1. The number of hydrogen-bond donors (Lipinski definition) is 1. The lowest BCUT2D eigenvalue weighted by Crippen LogP contribution is -2.30. The summed E-state index contributed by atoms with van der Waals surface area (Å²) in [5.74, 6) is 0.121. The van der Waals surface area contributed by atoms with Crippen molar-refractivity contribution in [2.24, 2.45) is 5.92 Å². The van der Waals surface area contributed by atoms with Gasteiger partial charge in [-0.3, -0.25) is 4.79 Å². The largest absolute Gasteiger partial charge is 0.373 e. The zero-order valence-electron chi connectivity index (χ0n) is 7.69. The Morgan fingerprint density at radius 1 is 1.36 bits per heavy atom. The molecule has 1 N–H and O–H groups in total. The number of fused-ring (bicyclic) bond motifs is 3. The van der Waals surface area contributed by atoms with Crippen LogP contribution in [0.4, 0.5) is 5.69 Å². The van der Waals surface area contributed by atoms with Gasteiger partial charge < -0.3 is 10.1 Å².